The Bertz CT molecular complexity index is 637. The highest BCUT2D eigenvalue weighted by molar-refractivity contribution is 5.79. The van der Waals surface area contributed by atoms with Crippen LogP contribution in [0.2, 0.25) is 0 Å². The fourth-order valence-electron chi connectivity index (χ4n) is 2.66. The standard InChI is InChI=1S/C17H20N4O2/c1-23-16-8-7-15(18-19-16)20-9-11-21(12-10-20)17(22)13-14-5-3-2-4-6-14/h2-8H,9-13H2,1H3. The second kappa shape index (κ2) is 7.09. The minimum absolute atomic E-state index is 0.177. The maximum absolute atomic E-state index is 12.4. The summed E-state index contributed by atoms with van der Waals surface area (Å²) < 4.78 is 5.02. The van der Waals surface area contributed by atoms with Crippen molar-refractivity contribution in [3.05, 3.63) is 48.0 Å². The smallest absolute Gasteiger partial charge is 0.233 e. The Morgan fingerprint density at radius 3 is 2.39 bits per heavy atom. The number of methoxy groups -OCH3 is 1. The molecule has 0 saturated carbocycles. The number of ether oxygens (including phenoxy) is 1. The minimum atomic E-state index is 0.177. The van der Waals surface area contributed by atoms with Crippen LogP contribution in [0.15, 0.2) is 42.5 Å². The lowest BCUT2D eigenvalue weighted by Crippen LogP contribution is -2.49. The predicted octanol–water partition coefficient (Wildman–Crippen LogP) is 1.38. The molecular weight excluding hydrogens is 292 g/mol. The van der Waals surface area contributed by atoms with Crippen LogP contribution in [0, 0.1) is 0 Å². The van der Waals surface area contributed by atoms with Gasteiger partial charge in [0, 0.05) is 32.2 Å². The van der Waals surface area contributed by atoms with Gasteiger partial charge in [-0.2, -0.15) is 0 Å². The first kappa shape index (κ1) is 15.3. The van der Waals surface area contributed by atoms with Crippen LogP contribution < -0.4 is 9.64 Å². The van der Waals surface area contributed by atoms with Crippen molar-refractivity contribution in [1.29, 1.82) is 0 Å². The molecule has 6 heteroatoms. The minimum Gasteiger partial charge on any atom is -0.480 e. The third-order valence-electron chi connectivity index (χ3n) is 3.99. The summed E-state index contributed by atoms with van der Waals surface area (Å²) in [5.74, 6) is 1.50. The van der Waals surface area contributed by atoms with E-state index in [2.05, 4.69) is 15.1 Å². The number of benzene rings is 1. The van der Waals surface area contributed by atoms with Crippen molar-refractivity contribution in [3.63, 3.8) is 0 Å². The molecule has 1 amide bonds. The maximum atomic E-state index is 12.4. The number of aromatic nitrogens is 2. The molecule has 23 heavy (non-hydrogen) atoms. The molecule has 0 atom stereocenters. The lowest BCUT2D eigenvalue weighted by Gasteiger charge is -2.35. The normalized spacial score (nSPS) is 14.7. The molecule has 2 aromatic rings. The predicted molar refractivity (Wildman–Crippen MR) is 87.5 cm³/mol. The summed E-state index contributed by atoms with van der Waals surface area (Å²) >= 11 is 0. The van der Waals surface area contributed by atoms with Crippen molar-refractivity contribution in [2.24, 2.45) is 0 Å². The van der Waals surface area contributed by atoms with Gasteiger partial charge in [0.2, 0.25) is 11.8 Å². The van der Waals surface area contributed by atoms with Crippen LogP contribution in [0.4, 0.5) is 5.82 Å². The fourth-order valence-corrected chi connectivity index (χ4v) is 2.66. The highest BCUT2D eigenvalue weighted by Gasteiger charge is 2.22. The van der Waals surface area contributed by atoms with E-state index in [9.17, 15) is 4.79 Å². The number of piperazine rings is 1. The van der Waals surface area contributed by atoms with Gasteiger partial charge in [-0.1, -0.05) is 30.3 Å². The Balaban J connectivity index is 1.54. The van der Waals surface area contributed by atoms with E-state index in [4.69, 9.17) is 4.74 Å². The number of carbonyl (C=O) groups excluding carboxylic acids is 1. The molecule has 2 heterocycles. The van der Waals surface area contributed by atoms with Crippen molar-refractivity contribution in [2.75, 3.05) is 38.2 Å². The van der Waals surface area contributed by atoms with Crippen molar-refractivity contribution < 1.29 is 9.53 Å². The Labute approximate surface area is 135 Å². The molecule has 1 saturated heterocycles. The number of carbonyl (C=O) groups is 1. The molecule has 6 nitrogen and oxygen atoms in total. The lowest BCUT2D eigenvalue weighted by molar-refractivity contribution is -0.130. The third-order valence-corrected chi connectivity index (χ3v) is 3.99. The first-order valence-electron chi connectivity index (χ1n) is 7.70. The molecule has 0 radical (unpaired) electrons. The number of nitrogens with zero attached hydrogens (tertiary/aromatic N) is 4. The van der Waals surface area contributed by atoms with Crippen LogP contribution >= 0.6 is 0 Å². The van der Waals surface area contributed by atoms with E-state index in [1.54, 1.807) is 13.2 Å². The van der Waals surface area contributed by atoms with Crippen molar-refractivity contribution in [1.82, 2.24) is 15.1 Å². The van der Waals surface area contributed by atoms with Gasteiger partial charge in [-0.3, -0.25) is 4.79 Å². The summed E-state index contributed by atoms with van der Waals surface area (Å²) in [4.78, 5) is 16.4. The van der Waals surface area contributed by atoms with Crippen LogP contribution in [-0.4, -0.2) is 54.3 Å². The van der Waals surface area contributed by atoms with Gasteiger partial charge in [0.15, 0.2) is 5.82 Å². The Morgan fingerprint density at radius 1 is 1.04 bits per heavy atom. The first-order valence-corrected chi connectivity index (χ1v) is 7.70. The molecule has 0 bridgehead atoms. The zero-order valence-electron chi connectivity index (χ0n) is 13.2. The molecule has 0 aliphatic carbocycles. The molecule has 1 aromatic heterocycles. The van der Waals surface area contributed by atoms with Gasteiger partial charge < -0.3 is 14.5 Å². The average molecular weight is 312 g/mol. The molecule has 0 N–H and O–H groups in total. The van der Waals surface area contributed by atoms with Gasteiger partial charge >= 0.3 is 0 Å². The number of hydrogen-bond donors (Lipinski definition) is 0. The van der Waals surface area contributed by atoms with Crippen LogP contribution in [0.3, 0.4) is 0 Å². The van der Waals surface area contributed by atoms with Gasteiger partial charge in [-0.25, -0.2) is 0 Å². The SMILES string of the molecule is COc1ccc(N2CCN(C(=O)Cc3ccccc3)CC2)nn1. The fraction of sp³-hybridized carbons (Fsp3) is 0.353. The van der Waals surface area contributed by atoms with Crippen molar-refractivity contribution in [2.45, 2.75) is 6.42 Å². The van der Waals surface area contributed by atoms with E-state index in [-0.39, 0.29) is 5.91 Å². The quantitative estimate of drug-likeness (QED) is 0.853. The van der Waals surface area contributed by atoms with E-state index >= 15 is 0 Å². The van der Waals surface area contributed by atoms with Crippen LogP contribution in [-0.2, 0) is 11.2 Å². The largest absolute Gasteiger partial charge is 0.480 e. The number of rotatable bonds is 4. The molecule has 3 rings (SSSR count). The van der Waals surface area contributed by atoms with Crippen LogP contribution in [0.5, 0.6) is 5.88 Å². The average Bonchev–Trinajstić information content (AvgIpc) is 2.63. The van der Waals surface area contributed by atoms with E-state index in [0.29, 0.717) is 25.4 Å². The van der Waals surface area contributed by atoms with Crippen LogP contribution in [0.25, 0.3) is 0 Å². The Kier molecular flexibility index (Phi) is 4.71. The van der Waals surface area contributed by atoms with E-state index in [1.807, 2.05) is 41.3 Å². The lowest BCUT2D eigenvalue weighted by atomic mass is 10.1. The molecule has 1 aliphatic heterocycles. The zero-order chi connectivity index (χ0) is 16.1. The van der Waals surface area contributed by atoms with E-state index in [0.717, 1.165) is 24.5 Å². The highest BCUT2D eigenvalue weighted by atomic mass is 16.5. The van der Waals surface area contributed by atoms with Crippen molar-refractivity contribution in [3.8, 4) is 5.88 Å². The summed E-state index contributed by atoms with van der Waals surface area (Å²) in [6.07, 6.45) is 0.461. The second-order valence-electron chi connectivity index (χ2n) is 5.46. The molecule has 1 aliphatic rings. The summed E-state index contributed by atoms with van der Waals surface area (Å²) in [6, 6.07) is 13.6. The summed E-state index contributed by atoms with van der Waals surface area (Å²) in [6.45, 7) is 2.95. The highest BCUT2D eigenvalue weighted by Crippen LogP contribution is 2.15. The molecule has 1 aromatic carbocycles. The number of anilines is 1. The topological polar surface area (TPSA) is 58.6 Å². The van der Waals surface area contributed by atoms with Gasteiger partial charge in [0.25, 0.3) is 0 Å². The van der Waals surface area contributed by atoms with E-state index < -0.39 is 0 Å². The molecular formula is C17H20N4O2. The van der Waals surface area contributed by atoms with E-state index in [1.165, 1.54) is 0 Å². The Morgan fingerprint density at radius 2 is 1.78 bits per heavy atom. The molecule has 0 spiro atoms. The molecule has 0 unspecified atom stereocenters. The van der Waals surface area contributed by atoms with Gasteiger partial charge in [0.05, 0.1) is 13.5 Å². The van der Waals surface area contributed by atoms with Crippen molar-refractivity contribution >= 4 is 11.7 Å². The third kappa shape index (κ3) is 3.77. The zero-order valence-corrected chi connectivity index (χ0v) is 13.2. The summed E-state index contributed by atoms with van der Waals surface area (Å²) in [5.41, 5.74) is 1.06. The molecule has 120 valence electrons. The van der Waals surface area contributed by atoms with Gasteiger partial charge in [-0.15, -0.1) is 10.2 Å². The first-order chi connectivity index (χ1) is 11.3. The monoisotopic (exact) mass is 312 g/mol. The number of amides is 1. The van der Waals surface area contributed by atoms with Crippen LogP contribution in [0.1, 0.15) is 5.56 Å². The molecule has 1 fully saturated rings. The van der Waals surface area contributed by atoms with Gasteiger partial charge in [-0.05, 0) is 11.6 Å². The summed E-state index contributed by atoms with van der Waals surface area (Å²) in [5, 5.41) is 8.15. The van der Waals surface area contributed by atoms with Gasteiger partial charge in [0.1, 0.15) is 0 Å². The Hall–Kier alpha value is -2.63. The summed E-state index contributed by atoms with van der Waals surface area (Å²) in [7, 11) is 1.57. The number of hydrogen-bond acceptors (Lipinski definition) is 5. The maximum Gasteiger partial charge on any atom is 0.233 e. The second-order valence-corrected chi connectivity index (χ2v) is 5.46.